The predicted molar refractivity (Wildman–Crippen MR) is 89.3 cm³/mol. The monoisotopic (exact) mass is 392 g/mol. The number of esters is 2. The van der Waals surface area contributed by atoms with Gasteiger partial charge in [-0.1, -0.05) is 41.8 Å². The van der Waals surface area contributed by atoms with Crippen LogP contribution in [0.25, 0.3) is 0 Å². The van der Waals surface area contributed by atoms with Gasteiger partial charge < -0.3 is 14.2 Å². The van der Waals surface area contributed by atoms with Crippen molar-refractivity contribution in [2.24, 2.45) is 0 Å². The molecule has 0 saturated carbocycles. The normalized spacial score (nSPS) is 10.8. The quantitative estimate of drug-likeness (QED) is 0.184. The first kappa shape index (κ1) is 21.6. The number of unbranched alkanes of at least 4 members (excludes halogenated alkanes) is 4. The molecule has 23 heavy (non-hydrogen) atoms. The molecule has 0 atom stereocenters. The Balaban J connectivity index is 3.47. The molecule has 0 unspecified atom stereocenters. The number of rotatable bonds is 10. The van der Waals surface area contributed by atoms with Crippen molar-refractivity contribution in [3.05, 3.63) is 12.2 Å². The largest absolute Gasteiger partial charge is 0.516 e. The van der Waals surface area contributed by atoms with E-state index in [4.69, 9.17) is 9.47 Å². The van der Waals surface area contributed by atoms with Crippen LogP contribution >= 0.6 is 15.9 Å². The number of hydrogen-bond donors (Lipinski definition) is 0. The van der Waals surface area contributed by atoms with Crippen molar-refractivity contribution in [2.45, 2.75) is 57.2 Å². The molecule has 0 fully saturated rings. The summed E-state index contributed by atoms with van der Waals surface area (Å²) in [6.45, 7) is 8.90. The molecular formula is C16H25BrO6. The van der Waals surface area contributed by atoms with Gasteiger partial charge in [-0.05, 0) is 33.6 Å². The lowest BCUT2D eigenvalue weighted by Gasteiger charge is -2.14. The van der Waals surface area contributed by atoms with Gasteiger partial charge in [-0.2, -0.15) is 0 Å². The van der Waals surface area contributed by atoms with E-state index in [2.05, 4.69) is 27.2 Å². The van der Waals surface area contributed by atoms with Crippen LogP contribution in [0.4, 0.5) is 4.79 Å². The van der Waals surface area contributed by atoms with Crippen LogP contribution in [0, 0.1) is 0 Å². The van der Waals surface area contributed by atoms with Crippen LogP contribution in [0.5, 0.6) is 0 Å². The lowest BCUT2D eigenvalue weighted by molar-refractivity contribution is -0.145. The molecule has 0 heterocycles. The van der Waals surface area contributed by atoms with Crippen molar-refractivity contribution >= 4 is 34.0 Å². The SMILES string of the molecule is C=C(C)C(=O)OC(=O)OCCCCCCCOC(=O)C(C)(C)Br. The Bertz CT molecular complexity index is 425. The first-order valence-corrected chi connectivity index (χ1v) is 8.34. The summed E-state index contributed by atoms with van der Waals surface area (Å²) in [5, 5.41) is 0. The zero-order valence-electron chi connectivity index (χ0n) is 14.0. The highest BCUT2D eigenvalue weighted by Crippen LogP contribution is 2.17. The molecule has 0 rings (SSSR count). The van der Waals surface area contributed by atoms with Crippen LogP contribution in [-0.2, 0) is 23.8 Å². The lowest BCUT2D eigenvalue weighted by Crippen LogP contribution is -2.26. The van der Waals surface area contributed by atoms with E-state index in [1.165, 1.54) is 6.92 Å². The molecule has 0 amide bonds. The van der Waals surface area contributed by atoms with Crippen molar-refractivity contribution in [3.63, 3.8) is 0 Å². The fourth-order valence-corrected chi connectivity index (χ4v) is 1.53. The molecular weight excluding hydrogens is 368 g/mol. The summed E-state index contributed by atoms with van der Waals surface area (Å²) in [5.74, 6) is -1.05. The van der Waals surface area contributed by atoms with Gasteiger partial charge in [0.1, 0.15) is 4.32 Å². The molecule has 0 aliphatic rings. The van der Waals surface area contributed by atoms with Crippen molar-refractivity contribution in [2.75, 3.05) is 13.2 Å². The second kappa shape index (κ2) is 11.2. The van der Waals surface area contributed by atoms with E-state index in [0.29, 0.717) is 13.0 Å². The van der Waals surface area contributed by atoms with Crippen molar-refractivity contribution in [3.8, 4) is 0 Å². The van der Waals surface area contributed by atoms with E-state index in [1.54, 1.807) is 13.8 Å². The van der Waals surface area contributed by atoms with Crippen LogP contribution in [0.1, 0.15) is 52.9 Å². The molecule has 0 aromatic rings. The zero-order valence-corrected chi connectivity index (χ0v) is 15.6. The van der Waals surface area contributed by atoms with E-state index >= 15 is 0 Å². The third kappa shape index (κ3) is 11.8. The van der Waals surface area contributed by atoms with Gasteiger partial charge in [0.15, 0.2) is 0 Å². The van der Waals surface area contributed by atoms with Crippen molar-refractivity contribution < 1.29 is 28.6 Å². The number of halogens is 1. The molecule has 132 valence electrons. The van der Waals surface area contributed by atoms with Crippen LogP contribution in [0.3, 0.4) is 0 Å². The van der Waals surface area contributed by atoms with E-state index < -0.39 is 16.4 Å². The highest BCUT2D eigenvalue weighted by atomic mass is 79.9. The molecule has 0 spiro atoms. The third-order valence-corrected chi connectivity index (χ3v) is 3.08. The Kier molecular flexibility index (Phi) is 10.5. The van der Waals surface area contributed by atoms with Gasteiger partial charge in [-0.3, -0.25) is 4.79 Å². The van der Waals surface area contributed by atoms with Crippen LogP contribution in [0.2, 0.25) is 0 Å². The first-order chi connectivity index (χ1) is 10.6. The summed E-state index contributed by atoms with van der Waals surface area (Å²) in [7, 11) is 0. The van der Waals surface area contributed by atoms with Crippen LogP contribution in [0.15, 0.2) is 12.2 Å². The average Bonchev–Trinajstić information content (AvgIpc) is 2.43. The second-order valence-electron chi connectivity index (χ2n) is 5.64. The summed E-state index contributed by atoms with van der Waals surface area (Å²) in [4.78, 5) is 33.6. The summed E-state index contributed by atoms with van der Waals surface area (Å²) in [6.07, 6.45) is 3.23. The second-order valence-corrected chi connectivity index (χ2v) is 7.63. The lowest BCUT2D eigenvalue weighted by atomic mass is 10.1. The van der Waals surface area contributed by atoms with Gasteiger partial charge in [0.25, 0.3) is 0 Å². The minimum absolute atomic E-state index is 0.144. The Morgan fingerprint density at radius 3 is 1.91 bits per heavy atom. The Labute approximate surface area is 145 Å². The number of alkyl halides is 1. The van der Waals surface area contributed by atoms with Crippen molar-refractivity contribution in [1.29, 1.82) is 0 Å². The van der Waals surface area contributed by atoms with Crippen molar-refractivity contribution in [1.82, 2.24) is 0 Å². The number of carbonyl (C=O) groups is 3. The van der Waals surface area contributed by atoms with Crippen LogP contribution in [-0.4, -0.2) is 35.6 Å². The topological polar surface area (TPSA) is 78.9 Å². The highest BCUT2D eigenvalue weighted by molar-refractivity contribution is 9.10. The molecule has 0 bridgehead atoms. The molecule has 0 aromatic heterocycles. The van der Waals surface area contributed by atoms with Gasteiger partial charge in [0.2, 0.25) is 0 Å². The van der Waals surface area contributed by atoms with Gasteiger partial charge in [0, 0.05) is 5.57 Å². The first-order valence-electron chi connectivity index (χ1n) is 7.55. The average molecular weight is 393 g/mol. The van der Waals surface area contributed by atoms with E-state index in [9.17, 15) is 14.4 Å². The predicted octanol–water partition coefficient (Wildman–Crippen LogP) is 3.91. The minimum Gasteiger partial charge on any atom is -0.465 e. The molecule has 0 aromatic carbocycles. The van der Waals surface area contributed by atoms with Crippen LogP contribution < -0.4 is 0 Å². The standard InChI is InChI=1S/C16H25BrO6/c1-12(2)13(18)23-15(20)22-11-9-7-5-6-8-10-21-14(19)16(3,4)17/h1,5-11H2,2-4H3. The number of ether oxygens (including phenoxy) is 3. The summed E-state index contributed by atoms with van der Waals surface area (Å²) in [6, 6.07) is 0. The van der Waals surface area contributed by atoms with E-state index in [0.717, 1.165) is 25.7 Å². The smallest absolute Gasteiger partial charge is 0.465 e. The Morgan fingerprint density at radius 1 is 0.957 bits per heavy atom. The summed E-state index contributed by atoms with van der Waals surface area (Å²) in [5.41, 5.74) is 0.144. The molecule has 0 N–H and O–H groups in total. The zero-order chi connectivity index (χ0) is 17.9. The fourth-order valence-electron chi connectivity index (χ4n) is 1.42. The van der Waals surface area contributed by atoms with Gasteiger partial charge >= 0.3 is 18.1 Å². The van der Waals surface area contributed by atoms with Gasteiger partial charge in [-0.15, -0.1) is 0 Å². The Hall–Kier alpha value is -1.37. The minimum atomic E-state index is -0.998. The third-order valence-electron chi connectivity index (χ3n) is 2.75. The molecule has 0 aliphatic carbocycles. The number of carbonyl (C=O) groups excluding carboxylic acids is 3. The maximum Gasteiger partial charge on any atom is 0.516 e. The molecule has 0 radical (unpaired) electrons. The molecule has 0 saturated heterocycles. The van der Waals surface area contributed by atoms with E-state index in [-0.39, 0.29) is 18.1 Å². The highest BCUT2D eigenvalue weighted by Gasteiger charge is 2.24. The maximum absolute atomic E-state index is 11.5. The fraction of sp³-hybridized carbons (Fsp3) is 0.688. The van der Waals surface area contributed by atoms with E-state index in [1.807, 2.05) is 0 Å². The maximum atomic E-state index is 11.5. The van der Waals surface area contributed by atoms with Gasteiger partial charge in [0.05, 0.1) is 13.2 Å². The summed E-state index contributed by atoms with van der Waals surface area (Å²) < 4.78 is 13.6. The Morgan fingerprint density at radius 2 is 1.43 bits per heavy atom. The molecule has 7 heteroatoms. The molecule has 6 nitrogen and oxygen atoms in total. The molecule has 0 aliphatic heterocycles. The summed E-state index contributed by atoms with van der Waals surface area (Å²) >= 11 is 3.24. The number of hydrogen-bond acceptors (Lipinski definition) is 6. The van der Waals surface area contributed by atoms with Gasteiger partial charge in [-0.25, -0.2) is 9.59 Å².